The second-order valence-corrected chi connectivity index (χ2v) is 5.50. The van der Waals surface area contributed by atoms with Crippen LogP contribution in [0.4, 0.5) is 0 Å². The van der Waals surface area contributed by atoms with E-state index in [4.69, 9.17) is 0 Å². The van der Waals surface area contributed by atoms with Gasteiger partial charge in [-0.3, -0.25) is 14.8 Å². The van der Waals surface area contributed by atoms with E-state index in [2.05, 4.69) is 20.3 Å². The first kappa shape index (κ1) is 14.3. The second-order valence-electron chi connectivity index (χ2n) is 4.56. The van der Waals surface area contributed by atoms with Crippen LogP contribution >= 0.6 is 11.3 Å². The predicted octanol–water partition coefficient (Wildman–Crippen LogP) is 2.57. The van der Waals surface area contributed by atoms with E-state index in [9.17, 15) is 4.79 Å². The molecule has 0 aliphatic heterocycles. The Labute approximate surface area is 132 Å². The van der Waals surface area contributed by atoms with Crippen molar-refractivity contribution in [1.82, 2.24) is 20.3 Å². The Morgan fingerprint density at radius 2 is 1.86 bits per heavy atom. The number of hydrogen-bond donors (Lipinski definition) is 1. The fraction of sp³-hybridized carbons (Fsp3) is 0.125. The summed E-state index contributed by atoms with van der Waals surface area (Å²) in [6, 6.07) is 11.0. The van der Waals surface area contributed by atoms with E-state index in [0.29, 0.717) is 18.7 Å². The molecule has 0 saturated heterocycles. The summed E-state index contributed by atoms with van der Waals surface area (Å²) in [6.45, 7) is 0.532. The largest absolute Gasteiger partial charge is 0.350 e. The fourth-order valence-corrected chi connectivity index (χ4v) is 2.72. The molecular weight excluding hydrogens is 296 g/mol. The summed E-state index contributed by atoms with van der Waals surface area (Å²) in [5.41, 5.74) is 2.16. The molecule has 0 saturated carbocycles. The van der Waals surface area contributed by atoms with Crippen molar-refractivity contribution in [2.45, 2.75) is 6.42 Å². The van der Waals surface area contributed by atoms with Crippen molar-refractivity contribution in [3.8, 4) is 11.4 Å². The number of aromatic nitrogens is 3. The third-order valence-electron chi connectivity index (χ3n) is 3.00. The maximum atomic E-state index is 11.9. The molecule has 0 radical (unpaired) electrons. The van der Waals surface area contributed by atoms with Gasteiger partial charge in [-0.15, -0.1) is 11.3 Å². The molecule has 0 unspecified atom stereocenters. The number of nitrogens with zero attached hydrogens (tertiary/aromatic N) is 3. The van der Waals surface area contributed by atoms with Crippen molar-refractivity contribution in [1.29, 1.82) is 0 Å². The minimum atomic E-state index is -0.165. The van der Waals surface area contributed by atoms with Gasteiger partial charge in [0.1, 0.15) is 5.69 Å². The van der Waals surface area contributed by atoms with Crippen LogP contribution in [0.2, 0.25) is 0 Å². The smallest absolute Gasteiger partial charge is 0.269 e. The Morgan fingerprint density at radius 1 is 1.05 bits per heavy atom. The van der Waals surface area contributed by atoms with Crippen molar-refractivity contribution in [2.24, 2.45) is 0 Å². The molecule has 1 amide bonds. The lowest BCUT2D eigenvalue weighted by Gasteiger charge is -2.02. The molecule has 6 heteroatoms. The monoisotopic (exact) mass is 310 g/mol. The van der Waals surface area contributed by atoms with Crippen LogP contribution in [0.5, 0.6) is 0 Å². The summed E-state index contributed by atoms with van der Waals surface area (Å²) in [7, 11) is 0. The van der Waals surface area contributed by atoms with Crippen LogP contribution in [0.25, 0.3) is 11.4 Å². The highest BCUT2D eigenvalue weighted by atomic mass is 32.1. The van der Waals surface area contributed by atoms with Crippen LogP contribution in [0.3, 0.4) is 0 Å². The Hall–Kier alpha value is -2.60. The van der Waals surface area contributed by atoms with E-state index in [0.717, 1.165) is 16.4 Å². The molecule has 0 atom stereocenters. The zero-order chi connectivity index (χ0) is 15.2. The Kier molecular flexibility index (Phi) is 4.50. The molecule has 0 fully saturated rings. The summed E-state index contributed by atoms with van der Waals surface area (Å²) >= 11 is 1.57. The van der Waals surface area contributed by atoms with E-state index < -0.39 is 0 Å². The van der Waals surface area contributed by atoms with E-state index >= 15 is 0 Å². The molecule has 0 aliphatic rings. The molecule has 0 aromatic carbocycles. The number of hydrogen-bond acceptors (Lipinski definition) is 5. The molecule has 3 rings (SSSR count). The van der Waals surface area contributed by atoms with E-state index in [-0.39, 0.29) is 5.91 Å². The quantitative estimate of drug-likeness (QED) is 0.786. The third-order valence-corrected chi connectivity index (χ3v) is 3.91. The molecule has 110 valence electrons. The van der Waals surface area contributed by atoms with Gasteiger partial charge < -0.3 is 5.32 Å². The van der Waals surface area contributed by atoms with E-state index in [1.165, 1.54) is 0 Å². The van der Waals surface area contributed by atoms with Crippen molar-refractivity contribution in [3.05, 3.63) is 64.9 Å². The predicted molar refractivity (Wildman–Crippen MR) is 85.6 cm³/mol. The standard InChI is InChI=1S/C16H14N4OS/c21-16(13-6-2-4-9-18-13)19-10-7-15-20-14(11-22-15)12-5-1-3-8-17-12/h1-6,8-9,11H,7,10H2,(H,19,21). The van der Waals surface area contributed by atoms with Crippen molar-refractivity contribution < 1.29 is 4.79 Å². The first-order chi connectivity index (χ1) is 10.8. The highest BCUT2D eigenvalue weighted by molar-refractivity contribution is 7.09. The van der Waals surface area contributed by atoms with E-state index in [1.54, 1.807) is 41.9 Å². The zero-order valence-electron chi connectivity index (χ0n) is 11.8. The number of nitrogens with one attached hydrogen (secondary N) is 1. The van der Waals surface area contributed by atoms with Gasteiger partial charge in [-0.25, -0.2) is 4.98 Å². The van der Waals surface area contributed by atoms with Crippen LogP contribution in [-0.4, -0.2) is 27.4 Å². The average molecular weight is 310 g/mol. The van der Waals surface area contributed by atoms with Crippen molar-refractivity contribution in [3.63, 3.8) is 0 Å². The molecule has 3 aromatic rings. The SMILES string of the molecule is O=C(NCCc1nc(-c2ccccn2)cs1)c1ccccn1. The molecule has 0 bridgehead atoms. The van der Waals surface area contributed by atoms with Crippen LogP contribution in [0.1, 0.15) is 15.5 Å². The van der Waals surface area contributed by atoms with Gasteiger partial charge in [-0.1, -0.05) is 12.1 Å². The summed E-state index contributed by atoms with van der Waals surface area (Å²) in [5.74, 6) is -0.165. The normalized spacial score (nSPS) is 10.4. The topological polar surface area (TPSA) is 67.8 Å². The van der Waals surface area contributed by atoms with Crippen LogP contribution in [-0.2, 0) is 6.42 Å². The Balaban J connectivity index is 1.55. The molecule has 22 heavy (non-hydrogen) atoms. The van der Waals surface area contributed by atoms with Gasteiger partial charge >= 0.3 is 0 Å². The molecule has 3 aromatic heterocycles. The fourth-order valence-electron chi connectivity index (χ4n) is 1.93. The van der Waals surface area contributed by atoms with Crippen LogP contribution < -0.4 is 5.32 Å². The summed E-state index contributed by atoms with van der Waals surface area (Å²) in [6.07, 6.45) is 4.05. The lowest BCUT2D eigenvalue weighted by atomic mass is 10.3. The van der Waals surface area contributed by atoms with Gasteiger partial charge in [0.15, 0.2) is 0 Å². The Bertz CT molecular complexity index is 743. The van der Waals surface area contributed by atoms with Gasteiger partial charge in [0.25, 0.3) is 5.91 Å². The summed E-state index contributed by atoms with van der Waals surface area (Å²) in [4.78, 5) is 24.7. The van der Waals surface area contributed by atoms with Gasteiger partial charge in [0.2, 0.25) is 0 Å². The Morgan fingerprint density at radius 3 is 2.59 bits per heavy atom. The van der Waals surface area contributed by atoms with Gasteiger partial charge in [0.05, 0.1) is 16.4 Å². The molecule has 3 heterocycles. The lowest BCUT2D eigenvalue weighted by molar-refractivity contribution is 0.0949. The average Bonchev–Trinajstić information content (AvgIpc) is 3.05. The zero-order valence-corrected chi connectivity index (χ0v) is 12.6. The number of pyridine rings is 2. The minimum absolute atomic E-state index is 0.165. The molecule has 1 N–H and O–H groups in total. The van der Waals surface area contributed by atoms with E-state index in [1.807, 2.05) is 23.6 Å². The van der Waals surface area contributed by atoms with Crippen LogP contribution in [0.15, 0.2) is 54.2 Å². The van der Waals surface area contributed by atoms with Crippen molar-refractivity contribution >= 4 is 17.2 Å². The number of carbonyl (C=O) groups is 1. The number of amides is 1. The highest BCUT2D eigenvalue weighted by Crippen LogP contribution is 2.19. The maximum absolute atomic E-state index is 11.9. The minimum Gasteiger partial charge on any atom is -0.350 e. The molecular formula is C16H14N4OS. The lowest BCUT2D eigenvalue weighted by Crippen LogP contribution is -2.26. The summed E-state index contributed by atoms with van der Waals surface area (Å²) < 4.78 is 0. The first-order valence-corrected chi connectivity index (χ1v) is 7.76. The van der Waals surface area contributed by atoms with Crippen LogP contribution in [0, 0.1) is 0 Å². The van der Waals surface area contributed by atoms with Gasteiger partial charge in [0, 0.05) is 30.7 Å². The highest BCUT2D eigenvalue weighted by Gasteiger charge is 2.08. The number of carbonyl (C=O) groups excluding carboxylic acids is 1. The van der Waals surface area contributed by atoms with Crippen molar-refractivity contribution in [2.75, 3.05) is 6.54 Å². The van der Waals surface area contributed by atoms with Gasteiger partial charge in [-0.05, 0) is 24.3 Å². The van der Waals surface area contributed by atoms with Gasteiger partial charge in [-0.2, -0.15) is 0 Å². The number of thiazole rings is 1. The molecule has 0 aliphatic carbocycles. The maximum Gasteiger partial charge on any atom is 0.269 e. The molecule has 5 nitrogen and oxygen atoms in total. The first-order valence-electron chi connectivity index (χ1n) is 6.88. The summed E-state index contributed by atoms with van der Waals surface area (Å²) in [5, 5.41) is 5.80. The number of rotatable bonds is 5. The molecule has 0 spiro atoms. The third kappa shape index (κ3) is 3.53. The second kappa shape index (κ2) is 6.91.